The van der Waals surface area contributed by atoms with Crippen molar-refractivity contribution >= 4 is 16.0 Å². The zero-order valence-electron chi connectivity index (χ0n) is 18.8. The normalized spacial score (nSPS) is 15.7. The van der Waals surface area contributed by atoms with Gasteiger partial charge in [-0.05, 0) is 18.6 Å². The number of esters is 1. The van der Waals surface area contributed by atoms with Crippen molar-refractivity contribution in [3.8, 4) is 0 Å². The van der Waals surface area contributed by atoms with Crippen molar-refractivity contribution in [1.29, 1.82) is 0 Å². The summed E-state index contributed by atoms with van der Waals surface area (Å²) in [6.45, 7) is 10.1. The van der Waals surface area contributed by atoms with E-state index in [-0.39, 0.29) is 24.3 Å². The summed E-state index contributed by atoms with van der Waals surface area (Å²) in [5.41, 5.74) is 2.77. The molecular formula is C23H32N2O5S. The van der Waals surface area contributed by atoms with Crippen LogP contribution in [-0.4, -0.2) is 55.3 Å². The molecule has 0 N–H and O–H groups in total. The van der Waals surface area contributed by atoms with E-state index in [0.717, 1.165) is 17.0 Å². The molecule has 0 saturated carbocycles. The van der Waals surface area contributed by atoms with Crippen LogP contribution in [0.15, 0.2) is 36.4 Å². The molecule has 1 aromatic carbocycles. The number of ether oxygens (including phenoxy) is 2. The molecule has 0 amide bonds. The molecule has 170 valence electrons. The number of nitrogens with zero attached hydrogens (tertiary/aromatic N) is 2. The van der Waals surface area contributed by atoms with Crippen LogP contribution in [0.2, 0.25) is 0 Å². The number of aromatic nitrogens is 1. The van der Waals surface area contributed by atoms with E-state index >= 15 is 0 Å². The first-order chi connectivity index (χ1) is 14.6. The Bertz CT molecular complexity index is 1000. The van der Waals surface area contributed by atoms with Gasteiger partial charge in [-0.25, -0.2) is 13.2 Å². The lowest BCUT2D eigenvalue weighted by Crippen LogP contribution is -2.42. The van der Waals surface area contributed by atoms with Gasteiger partial charge in [-0.3, -0.25) is 0 Å². The zero-order valence-corrected chi connectivity index (χ0v) is 19.6. The Morgan fingerprint density at radius 3 is 2.39 bits per heavy atom. The number of carbonyl (C=O) groups excluding carboxylic acids is 1. The Labute approximate surface area is 185 Å². The summed E-state index contributed by atoms with van der Waals surface area (Å²) in [7, 11) is -3.40. The highest BCUT2D eigenvalue weighted by Gasteiger charge is 2.28. The van der Waals surface area contributed by atoms with E-state index in [4.69, 9.17) is 9.47 Å². The number of rotatable bonds is 7. The minimum absolute atomic E-state index is 0.0237. The van der Waals surface area contributed by atoms with Crippen LogP contribution in [0.1, 0.15) is 48.1 Å². The molecule has 0 aliphatic carbocycles. The van der Waals surface area contributed by atoms with Crippen molar-refractivity contribution in [2.45, 2.75) is 46.3 Å². The maximum atomic E-state index is 12.8. The quantitative estimate of drug-likeness (QED) is 0.608. The molecule has 1 aliphatic heterocycles. The number of sulfonamides is 1. The van der Waals surface area contributed by atoms with Crippen LogP contribution in [-0.2, 0) is 38.1 Å². The molecule has 0 spiro atoms. The summed E-state index contributed by atoms with van der Waals surface area (Å²) in [6.07, 6.45) is 0. The number of hydrogen-bond donors (Lipinski definition) is 0. The predicted octanol–water partition coefficient (Wildman–Crippen LogP) is 3.11. The summed E-state index contributed by atoms with van der Waals surface area (Å²) in [6, 6.07) is 11.4. The first-order valence-electron chi connectivity index (χ1n) is 10.6. The molecule has 1 aliphatic rings. The Morgan fingerprint density at radius 2 is 1.77 bits per heavy atom. The van der Waals surface area contributed by atoms with Crippen LogP contribution in [0.3, 0.4) is 0 Å². The van der Waals surface area contributed by atoms with Crippen LogP contribution in [0.25, 0.3) is 0 Å². The molecule has 0 radical (unpaired) electrons. The zero-order chi connectivity index (χ0) is 22.6. The van der Waals surface area contributed by atoms with Gasteiger partial charge in [0.05, 0.1) is 24.5 Å². The average molecular weight is 449 g/mol. The number of morpholine rings is 1. The van der Waals surface area contributed by atoms with Gasteiger partial charge >= 0.3 is 5.97 Å². The van der Waals surface area contributed by atoms with E-state index in [1.807, 2.05) is 68.7 Å². The number of carbonyl (C=O) groups is 1. The minimum Gasteiger partial charge on any atom is -0.457 e. The third-order valence-electron chi connectivity index (χ3n) is 5.50. The van der Waals surface area contributed by atoms with Gasteiger partial charge in [0.2, 0.25) is 10.0 Å². The van der Waals surface area contributed by atoms with Gasteiger partial charge in [-0.15, -0.1) is 0 Å². The van der Waals surface area contributed by atoms with Gasteiger partial charge in [0.25, 0.3) is 0 Å². The molecular weight excluding hydrogens is 416 g/mol. The fourth-order valence-corrected chi connectivity index (χ4v) is 5.10. The SMILES string of the molecule is Cc1c(C(=O)OCc2ccccc2)cc(C(C)(C)C)n1CCS(=O)(=O)N1CCOCC1. The van der Waals surface area contributed by atoms with Crippen molar-refractivity contribution in [3.63, 3.8) is 0 Å². The van der Waals surface area contributed by atoms with E-state index in [1.165, 1.54) is 4.31 Å². The highest BCUT2D eigenvalue weighted by atomic mass is 32.2. The molecule has 0 bridgehead atoms. The summed E-state index contributed by atoms with van der Waals surface area (Å²) < 4.78 is 39.8. The molecule has 31 heavy (non-hydrogen) atoms. The Balaban J connectivity index is 1.79. The summed E-state index contributed by atoms with van der Waals surface area (Å²) in [4.78, 5) is 12.8. The van der Waals surface area contributed by atoms with Crippen molar-refractivity contribution in [3.05, 3.63) is 58.9 Å². The molecule has 1 fully saturated rings. The second-order valence-electron chi connectivity index (χ2n) is 8.82. The second kappa shape index (κ2) is 9.54. The fraction of sp³-hybridized carbons (Fsp3) is 0.522. The summed E-state index contributed by atoms with van der Waals surface area (Å²) >= 11 is 0. The lowest BCUT2D eigenvalue weighted by molar-refractivity contribution is 0.0471. The standard InChI is InChI=1S/C23H32N2O5S/c1-18-20(22(26)30-17-19-8-6-5-7-9-19)16-21(23(2,3)4)25(18)12-15-31(27,28)24-10-13-29-14-11-24/h5-9,16H,10-15,17H2,1-4H3. The largest absolute Gasteiger partial charge is 0.457 e. The van der Waals surface area contributed by atoms with Crippen molar-refractivity contribution in [1.82, 2.24) is 8.87 Å². The lowest BCUT2D eigenvalue weighted by atomic mass is 9.92. The highest BCUT2D eigenvalue weighted by molar-refractivity contribution is 7.89. The van der Waals surface area contributed by atoms with E-state index in [1.54, 1.807) is 0 Å². The van der Waals surface area contributed by atoms with Crippen LogP contribution in [0, 0.1) is 6.92 Å². The number of benzene rings is 1. The molecule has 1 aromatic heterocycles. The fourth-order valence-electron chi connectivity index (χ4n) is 3.72. The van der Waals surface area contributed by atoms with E-state index in [9.17, 15) is 13.2 Å². The van der Waals surface area contributed by atoms with Crippen molar-refractivity contribution in [2.75, 3.05) is 32.1 Å². The van der Waals surface area contributed by atoms with Gasteiger partial charge < -0.3 is 14.0 Å². The van der Waals surface area contributed by atoms with Gasteiger partial charge in [0.15, 0.2) is 0 Å². The average Bonchev–Trinajstić information content (AvgIpc) is 3.09. The molecule has 0 unspecified atom stereocenters. The summed E-state index contributed by atoms with van der Waals surface area (Å²) in [5.74, 6) is -0.425. The van der Waals surface area contributed by atoms with Gasteiger partial charge in [-0.1, -0.05) is 51.1 Å². The predicted molar refractivity (Wildman–Crippen MR) is 120 cm³/mol. The van der Waals surface area contributed by atoms with E-state index < -0.39 is 16.0 Å². The van der Waals surface area contributed by atoms with Crippen molar-refractivity contribution in [2.24, 2.45) is 0 Å². The topological polar surface area (TPSA) is 77.8 Å². The lowest BCUT2D eigenvalue weighted by Gasteiger charge is -2.27. The van der Waals surface area contributed by atoms with Crippen molar-refractivity contribution < 1.29 is 22.7 Å². The molecule has 3 rings (SSSR count). The van der Waals surface area contributed by atoms with Gasteiger partial charge in [0.1, 0.15) is 6.61 Å². The third-order valence-corrected chi connectivity index (χ3v) is 7.35. The minimum atomic E-state index is -3.40. The van der Waals surface area contributed by atoms with E-state index in [2.05, 4.69) is 0 Å². The maximum absolute atomic E-state index is 12.8. The molecule has 2 heterocycles. The van der Waals surface area contributed by atoms with Crippen LogP contribution < -0.4 is 0 Å². The maximum Gasteiger partial charge on any atom is 0.340 e. The smallest absolute Gasteiger partial charge is 0.340 e. The van der Waals surface area contributed by atoms with Crippen LogP contribution in [0.5, 0.6) is 0 Å². The molecule has 8 heteroatoms. The Hall–Kier alpha value is -2.16. The molecule has 2 aromatic rings. The molecule has 1 saturated heterocycles. The van der Waals surface area contributed by atoms with Crippen LogP contribution in [0.4, 0.5) is 0 Å². The third kappa shape index (κ3) is 5.75. The first kappa shape index (κ1) is 23.5. The van der Waals surface area contributed by atoms with Crippen LogP contribution >= 0.6 is 0 Å². The summed E-state index contributed by atoms with van der Waals surface area (Å²) in [5, 5.41) is 0. The molecule has 7 nitrogen and oxygen atoms in total. The molecule has 0 atom stereocenters. The van der Waals surface area contributed by atoms with Gasteiger partial charge in [0, 0.05) is 36.4 Å². The first-order valence-corrected chi connectivity index (χ1v) is 12.2. The Kier molecular flexibility index (Phi) is 7.24. The Morgan fingerprint density at radius 1 is 1.13 bits per heavy atom. The monoisotopic (exact) mass is 448 g/mol. The highest BCUT2D eigenvalue weighted by Crippen LogP contribution is 2.28. The van der Waals surface area contributed by atoms with Gasteiger partial charge in [-0.2, -0.15) is 4.31 Å². The van der Waals surface area contributed by atoms with E-state index in [0.29, 0.717) is 31.9 Å². The second-order valence-corrected chi connectivity index (χ2v) is 10.9. The number of hydrogen-bond acceptors (Lipinski definition) is 5.